The van der Waals surface area contributed by atoms with Gasteiger partial charge in [-0.15, -0.1) is 0 Å². The Morgan fingerprint density at radius 2 is 2.45 bits per heavy atom. The highest BCUT2D eigenvalue weighted by molar-refractivity contribution is 6.04. The van der Waals surface area contributed by atoms with Crippen LogP contribution in [0.4, 0.5) is 5.69 Å². The highest BCUT2D eigenvalue weighted by Gasteiger charge is 2.21. The Hall–Kier alpha value is -2.08. The van der Waals surface area contributed by atoms with Crippen molar-refractivity contribution >= 4 is 22.7 Å². The van der Waals surface area contributed by atoms with Crippen LogP contribution in [0.25, 0.3) is 11.0 Å². The number of rotatable bonds is 5. The molecule has 2 aromatic heterocycles. The van der Waals surface area contributed by atoms with E-state index in [1.165, 1.54) is 0 Å². The number of carbonyl (C=O) groups excluding carboxylic acids is 1. The maximum atomic E-state index is 12.3. The van der Waals surface area contributed by atoms with E-state index in [0.717, 1.165) is 49.1 Å². The van der Waals surface area contributed by atoms with Gasteiger partial charge in [0.25, 0.3) is 0 Å². The minimum Gasteiger partial charge on any atom is -0.462 e. The van der Waals surface area contributed by atoms with Gasteiger partial charge >= 0.3 is 5.97 Å². The number of nitrogens with zero attached hydrogens (tertiary/aromatic N) is 1. The van der Waals surface area contributed by atoms with Crippen LogP contribution in [0.3, 0.4) is 0 Å². The summed E-state index contributed by atoms with van der Waals surface area (Å²) >= 11 is 0. The van der Waals surface area contributed by atoms with E-state index >= 15 is 0 Å². The summed E-state index contributed by atoms with van der Waals surface area (Å²) in [6, 6.07) is 2.25. The van der Waals surface area contributed by atoms with Gasteiger partial charge in [-0.25, -0.2) is 9.78 Å². The Balaban J connectivity index is 1.92. The fourth-order valence-electron chi connectivity index (χ4n) is 2.77. The largest absolute Gasteiger partial charge is 0.462 e. The molecular formula is C16H22N4O2. The molecule has 1 atom stereocenters. The van der Waals surface area contributed by atoms with Crippen LogP contribution in [-0.2, 0) is 4.74 Å². The summed E-state index contributed by atoms with van der Waals surface area (Å²) in [5.41, 5.74) is 2.10. The number of ether oxygens (including phenoxy) is 1. The molecule has 0 aromatic carbocycles. The molecule has 3 heterocycles. The molecule has 2 aromatic rings. The summed E-state index contributed by atoms with van der Waals surface area (Å²) in [4.78, 5) is 19.7. The second-order valence-electron chi connectivity index (χ2n) is 5.61. The van der Waals surface area contributed by atoms with Gasteiger partial charge in [-0.1, -0.05) is 6.92 Å². The zero-order valence-corrected chi connectivity index (χ0v) is 12.8. The lowest BCUT2D eigenvalue weighted by Gasteiger charge is -2.26. The van der Waals surface area contributed by atoms with Gasteiger partial charge in [-0.3, -0.25) is 0 Å². The van der Waals surface area contributed by atoms with Gasteiger partial charge in [0.05, 0.1) is 12.3 Å². The summed E-state index contributed by atoms with van der Waals surface area (Å²) in [7, 11) is 0. The van der Waals surface area contributed by atoms with Crippen molar-refractivity contribution in [2.75, 3.05) is 25.0 Å². The van der Waals surface area contributed by atoms with Gasteiger partial charge < -0.3 is 20.4 Å². The van der Waals surface area contributed by atoms with Gasteiger partial charge in [-0.2, -0.15) is 0 Å². The lowest BCUT2D eigenvalue weighted by molar-refractivity contribution is 0.0506. The monoisotopic (exact) mass is 302 g/mol. The number of hydrogen-bond donors (Lipinski definition) is 3. The number of aromatic amines is 1. The number of pyridine rings is 1. The minimum atomic E-state index is -0.316. The van der Waals surface area contributed by atoms with Crippen LogP contribution in [0.1, 0.15) is 36.5 Å². The highest BCUT2D eigenvalue weighted by Crippen LogP contribution is 2.27. The molecule has 0 saturated carbocycles. The average Bonchev–Trinajstić information content (AvgIpc) is 3.03. The molecule has 6 nitrogen and oxygen atoms in total. The van der Waals surface area contributed by atoms with Crippen LogP contribution in [0, 0.1) is 0 Å². The van der Waals surface area contributed by atoms with Crippen molar-refractivity contribution in [3.8, 4) is 0 Å². The standard InChI is InChI=1S/C16H22N4O2/c1-2-8-22-16(21)13-10-19-15-12(5-7-18-15)14(13)20-11-4-3-6-17-9-11/h5,7,10-11,17H,2-4,6,8-9H2,1H3,(H2,18,19,20)/t11-/m1/s1. The first-order chi connectivity index (χ1) is 10.8. The number of hydrogen-bond acceptors (Lipinski definition) is 5. The van der Waals surface area contributed by atoms with Crippen LogP contribution in [-0.4, -0.2) is 41.7 Å². The fraction of sp³-hybridized carbons (Fsp3) is 0.500. The molecule has 0 amide bonds. The normalized spacial score (nSPS) is 18.3. The van der Waals surface area contributed by atoms with Gasteiger partial charge in [0.2, 0.25) is 0 Å². The van der Waals surface area contributed by atoms with Gasteiger partial charge in [0.1, 0.15) is 11.2 Å². The first kappa shape index (κ1) is 14.8. The van der Waals surface area contributed by atoms with Crippen LogP contribution in [0.5, 0.6) is 0 Å². The molecule has 0 aliphatic carbocycles. The first-order valence-corrected chi connectivity index (χ1v) is 7.90. The van der Waals surface area contributed by atoms with Crippen molar-refractivity contribution in [2.45, 2.75) is 32.2 Å². The van der Waals surface area contributed by atoms with Crippen LogP contribution in [0.15, 0.2) is 18.5 Å². The molecule has 1 aliphatic rings. The molecule has 0 unspecified atom stereocenters. The third kappa shape index (κ3) is 3.06. The van der Waals surface area contributed by atoms with Crippen LogP contribution >= 0.6 is 0 Å². The number of carbonyl (C=O) groups is 1. The Kier molecular flexibility index (Phi) is 4.58. The van der Waals surface area contributed by atoms with Gasteiger partial charge in [0, 0.05) is 30.4 Å². The Bertz CT molecular complexity index is 647. The molecule has 1 aliphatic heterocycles. The summed E-state index contributed by atoms with van der Waals surface area (Å²) in [5.74, 6) is -0.316. The van der Waals surface area contributed by atoms with E-state index < -0.39 is 0 Å². The second kappa shape index (κ2) is 6.79. The second-order valence-corrected chi connectivity index (χ2v) is 5.61. The summed E-state index contributed by atoms with van der Waals surface area (Å²) in [5, 5.41) is 7.82. The van der Waals surface area contributed by atoms with Crippen molar-refractivity contribution < 1.29 is 9.53 Å². The van der Waals surface area contributed by atoms with Crippen molar-refractivity contribution in [1.82, 2.24) is 15.3 Å². The number of H-pyrrole nitrogens is 1. The van der Waals surface area contributed by atoms with Gasteiger partial charge in [-0.05, 0) is 31.9 Å². The Morgan fingerprint density at radius 3 is 3.23 bits per heavy atom. The molecule has 22 heavy (non-hydrogen) atoms. The number of esters is 1. The van der Waals surface area contributed by atoms with E-state index in [2.05, 4.69) is 20.6 Å². The lowest BCUT2D eigenvalue weighted by atomic mass is 10.1. The van der Waals surface area contributed by atoms with Crippen molar-refractivity contribution in [3.05, 3.63) is 24.0 Å². The number of aromatic nitrogens is 2. The number of piperidine rings is 1. The zero-order chi connectivity index (χ0) is 15.4. The van der Waals surface area contributed by atoms with Crippen molar-refractivity contribution in [1.29, 1.82) is 0 Å². The Morgan fingerprint density at radius 1 is 1.55 bits per heavy atom. The molecule has 0 bridgehead atoms. The molecular weight excluding hydrogens is 280 g/mol. The van der Waals surface area contributed by atoms with Crippen LogP contribution < -0.4 is 10.6 Å². The average molecular weight is 302 g/mol. The lowest BCUT2D eigenvalue weighted by Crippen LogP contribution is -2.38. The molecule has 118 valence electrons. The van der Waals surface area contributed by atoms with E-state index in [1.807, 2.05) is 19.2 Å². The maximum absolute atomic E-state index is 12.3. The summed E-state index contributed by atoms with van der Waals surface area (Å²) in [6.07, 6.45) is 6.46. The predicted octanol–water partition coefficient (Wildman–Crippen LogP) is 2.29. The number of anilines is 1. The molecule has 1 fully saturated rings. The Labute approximate surface area is 129 Å². The predicted molar refractivity (Wildman–Crippen MR) is 86.2 cm³/mol. The SMILES string of the molecule is CCCOC(=O)c1cnc2[nH]ccc2c1N[C@@H]1CCCNC1. The van der Waals surface area contributed by atoms with E-state index in [4.69, 9.17) is 4.74 Å². The number of nitrogens with one attached hydrogen (secondary N) is 3. The molecule has 3 rings (SSSR count). The van der Waals surface area contributed by atoms with Crippen molar-refractivity contribution in [2.24, 2.45) is 0 Å². The smallest absolute Gasteiger partial charge is 0.341 e. The maximum Gasteiger partial charge on any atom is 0.341 e. The zero-order valence-electron chi connectivity index (χ0n) is 12.8. The molecule has 0 radical (unpaired) electrons. The molecule has 1 saturated heterocycles. The van der Waals surface area contributed by atoms with E-state index in [0.29, 0.717) is 18.2 Å². The topological polar surface area (TPSA) is 79.0 Å². The molecule has 6 heteroatoms. The van der Waals surface area contributed by atoms with E-state index in [-0.39, 0.29) is 5.97 Å². The molecule has 0 spiro atoms. The highest BCUT2D eigenvalue weighted by atomic mass is 16.5. The van der Waals surface area contributed by atoms with E-state index in [9.17, 15) is 4.79 Å². The minimum absolute atomic E-state index is 0.312. The van der Waals surface area contributed by atoms with E-state index in [1.54, 1.807) is 6.20 Å². The summed E-state index contributed by atoms with van der Waals surface area (Å²) in [6.45, 7) is 4.36. The quantitative estimate of drug-likeness (QED) is 0.739. The van der Waals surface area contributed by atoms with Crippen molar-refractivity contribution in [3.63, 3.8) is 0 Å². The summed E-state index contributed by atoms with van der Waals surface area (Å²) < 4.78 is 5.29. The third-order valence-electron chi connectivity index (χ3n) is 3.89. The van der Waals surface area contributed by atoms with Gasteiger partial charge in [0.15, 0.2) is 0 Å². The number of fused-ring (bicyclic) bond motifs is 1. The third-order valence-corrected chi connectivity index (χ3v) is 3.89. The first-order valence-electron chi connectivity index (χ1n) is 7.90. The molecule has 3 N–H and O–H groups in total. The van der Waals surface area contributed by atoms with Crippen LogP contribution in [0.2, 0.25) is 0 Å². The fourth-order valence-corrected chi connectivity index (χ4v) is 2.77.